The van der Waals surface area contributed by atoms with Crippen LogP contribution in [0.4, 0.5) is 0 Å². The van der Waals surface area contributed by atoms with Crippen LogP contribution in [0.1, 0.15) is 5.56 Å². The third-order valence-electron chi connectivity index (χ3n) is 2.49. The molecule has 2 heteroatoms. The van der Waals surface area contributed by atoms with Crippen LogP contribution in [-0.4, -0.2) is 10.2 Å². The molecule has 0 aliphatic carbocycles. The fourth-order valence-corrected chi connectivity index (χ4v) is 1.61. The van der Waals surface area contributed by atoms with Crippen molar-refractivity contribution in [2.75, 3.05) is 0 Å². The Hall–Kier alpha value is -2.22. The maximum Gasteiger partial charge on any atom is 0.166 e. The van der Waals surface area contributed by atoms with E-state index >= 15 is 0 Å². The van der Waals surface area contributed by atoms with Crippen LogP contribution in [0.3, 0.4) is 0 Å². The summed E-state index contributed by atoms with van der Waals surface area (Å²) >= 11 is 0. The highest BCUT2D eigenvalue weighted by atomic mass is 16.3. The van der Waals surface area contributed by atoms with Crippen LogP contribution in [0.15, 0.2) is 49.0 Å². The summed E-state index contributed by atoms with van der Waals surface area (Å²) in [6.07, 6.45) is 1.50. The van der Waals surface area contributed by atoms with Crippen LogP contribution in [-0.2, 0) is 0 Å². The number of phenols is 2. The Kier molecular flexibility index (Phi) is 2.64. The van der Waals surface area contributed by atoms with Crippen LogP contribution in [0.25, 0.3) is 17.2 Å². The van der Waals surface area contributed by atoms with Gasteiger partial charge >= 0.3 is 0 Å². The monoisotopic (exact) mass is 212 g/mol. The summed E-state index contributed by atoms with van der Waals surface area (Å²) in [7, 11) is 0. The first-order chi connectivity index (χ1) is 7.74. The van der Waals surface area contributed by atoms with Crippen LogP contribution in [0.5, 0.6) is 11.5 Å². The van der Waals surface area contributed by atoms with Gasteiger partial charge in [-0.25, -0.2) is 0 Å². The van der Waals surface area contributed by atoms with E-state index in [9.17, 15) is 10.2 Å². The lowest BCUT2D eigenvalue weighted by atomic mass is 10.0. The van der Waals surface area contributed by atoms with Crippen molar-refractivity contribution < 1.29 is 10.2 Å². The topological polar surface area (TPSA) is 40.5 Å². The Morgan fingerprint density at radius 2 is 1.56 bits per heavy atom. The van der Waals surface area contributed by atoms with E-state index in [1.165, 1.54) is 6.08 Å². The molecular weight excluding hydrogens is 200 g/mol. The van der Waals surface area contributed by atoms with Crippen molar-refractivity contribution in [3.8, 4) is 22.6 Å². The largest absolute Gasteiger partial charge is 0.504 e. The molecule has 0 aliphatic rings. The molecule has 16 heavy (non-hydrogen) atoms. The molecule has 0 spiro atoms. The molecule has 0 aliphatic heterocycles. The van der Waals surface area contributed by atoms with Gasteiger partial charge in [0, 0.05) is 11.1 Å². The summed E-state index contributed by atoms with van der Waals surface area (Å²) < 4.78 is 0. The first-order valence-electron chi connectivity index (χ1n) is 4.97. The van der Waals surface area contributed by atoms with Crippen molar-refractivity contribution in [3.63, 3.8) is 0 Å². The average molecular weight is 212 g/mol. The summed E-state index contributed by atoms with van der Waals surface area (Å²) in [5.41, 5.74) is 2.01. The zero-order chi connectivity index (χ0) is 11.5. The first kappa shape index (κ1) is 10.3. The molecule has 0 aromatic heterocycles. The lowest BCUT2D eigenvalue weighted by Crippen LogP contribution is -1.82. The molecule has 2 aromatic rings. The van der Waals surface area contributed by atoms with Gasteiger partial charge < -0.3 is 10.2 Å². The van der Waals surface area contributed by atoms with Gasteiger partial charge in [0.15, 0.2) is 11.5 Å². The Bertz CT molecular complexity index is 516. The molecule has 0 bridgehead atoms. The summed E-state index contributed by atoms with van der Waals surface area (Å²) in [6, 6.07) is 12.9. The van der Waals surface area contributed by atoms with Crippen LogP contribution < -0.4 is 0 Å². The second kappa shape index (κ2) is 4.11. The Morgan fingerprint density at radius 1 is 0.875 bits per heavy atom. The maximum atomic E-state index is 9.87. The molecule has 2 aromatic carbocycles. The summed E-state index contributed by atoms with van der Waals surface area (Å²) in [5, 5.41) is 19.6. The molecule has 0 saturated heterocycles. The fraction of sp³-hybridized carbons (Fsp3) is 0. The fourth-order valence-electron chi connectivity index (χ4n) is 1.61. The van der Waals surface area contributed by atoms with E-state index in [0.29, 0.717) is 11.1 Å². The highest BCUT2D eigenvalue weighted by Crippen LogP contribution is 2.38. The van der Waals surface area contributed by atoms with Crippen molar-refractivity contribution in [2.24, 2.45) is 0 Å². The van der Waals surface area contributed by atoms with Gasteiger partial charge in [0.1, 0.15) is 0 Å². The molecule has 2 N–H and O–H groups in total. The third kappa shape index (κ3) is 1.65. The van der Waals surface area contributed by atoms with E-state index < -0.39 is 0 Å². The third-order valence-corrected chi connectivity index (χ3v) is 2.49. The van der Waals surface area contributed by atoms with Crippen molar-refractivity contribution >= 4 is 6.08 Å². The molecule has 0 fully saturated rings. The smallest absolute Gasteiger partial charge is 0.166 e. The Balaban J connectivity index is 2.60. The van der Waals surface area contributed by atoms with Crippen LogP contribution >= 0.6 is 0 Å². The normalized spacial score (nSPS) is 10.0. The van der Waals surface area contributed by atoms with Gasteiger partial charge in [-0.3, -0.25) is 0 Å². The number of benzene rings is 2. The lowest BCUT2D eigenvalue weighted by molar-refractivity contribution is 0.404. The van der Waals surface area contributed by atoms with Gasteiger partial charge in [0.25, 0.3) is 0 Å². The van der Waals surface area contributed by atoms with Gasteiger partial charge in [-0.05, 0) is 11.6 Å². The quantitative estimate of drug-likeness (QED) is 0.749. The number of phenolic OH excluding ortho intramolecular Hbond substituents is 2. The Labute approximate surface area is 94.1 Å². The molecule has 0 radical (unpaired) electrons. The highest BCUT2D eigenvalue weighted by Gasteiger charge is 2.10. The number of hydrogen-bond donors (Lipinski definition) is 2. The van der Waals surface area contributed by atoms with E-state index in [0.717, 1.165) is 5.56 Å². The maximum absolute atomic E-state index is 9.87. The minimum absolute atomic E-state index is 0.108. The zero-order valence-corrected chi connectivity index (χ0v) is 8.72. The molecular formula is C14H12O2. The molecule has 2 nitrogen and oxygen atoms in total. The van der Waals surface area contributed by atoms with Gasteiger partial charge in [-0.2, -0.15) is 0 Å². The van der Waals surface area contributed by atoms with Crippen LogP contribution in [0.2, 0.25) is 0 Å². The van der Waals surface area contributed by atoms with Crippen molar-refractivity contribution in [1.29, 1.82) is 0 Å². The van der Waals surface area contributed by atoms with Gasteiger partial charge in [-0.15, -0.1) is 0 Å². The molecule has 0 saturated carbocycles. The SMILES string of the molecule is C=Cc1ccc(-c2ccccc2)c(O)c1O. The summed E-state index contributed by atoms with van der Waals surface area (Å²) in [4.78, 5) is 0. The Morgan fingerprint density at radius 3 is 2.19 bits per heavy atom. The number of hydrogen-bond acceptors (Lipinski definition) is 2. The molecule has 0 atom stereocenters. The van der Waals surface area contributed by atoms with E-state index in [4.69, 9.17) is 0 Å². The first-order valence-corrected chi connectivity index (χ1v) is 4.97. The minimum Gasteiger partial charge on any atom is -0.504 e. The molecule has 2 rings (SSSR count). The van der Waals surface area contributed by atoms with Gasteiger partial charge in [0.2, 0.25) is 0 Å². The molecule has 80 valence electrons. The second-order valence-corrected chi connectivity index (χ2v) is 3.47. The molecule has 0 heterocycles. The predicted octanol–water partition coefficient (Wildman–Crippen LogP) is 3.41. The van der Waals surface area contributed by atoms with E-state index in [1.807, 2.05) is 30.3 Å². The van der Waals surface area contributed by atoms with Crippen molar-refractivity contribution in [1.82, 2.24) is 0 Å². The van der Waals surface area contributed by atoms with Gasteiger partial charge in [0.05, 0.1) is 0 Å². The highest BCUT2D eigenvalue weighted by molar-refractivity contribution is 5.77. The van der Waals surface area contributed by atoms with Crippen molar-refractivity contribution in [3.05, 3.63) is 54.6 Å². The number of rotatable bonds is 2. The number of aromatic hydroxyl groups is 2. The molecule has 0 unspecified atom stereocenters. The lowest BCUT2D eigenvalue weighted by Gasteiger charge is -2.08. The average Bonchev–Trinajstić information content (AvgIpc) is 2.34. The van der Waals surface area contributed by atoms with Crippen LogP contribution in [0, 0.1) is 0 Å². The standard InChI is InChI=1S/C14H12O2/c1-2-10-8-9-12(14(16)13(10)15)11-6-4-3-5-7-11/h2-9,15-16H,1H2. The molecule has 0 amide bonds. The zero-order valence-electron chi connectivity index (χ0n) is 8.72. The predicted molar refractivity (Wildman–Crippen MR) is 65.3 cm³/mol. The van der Waals surface area contributed by atoms with Crippen molar-refractivity contribution in [2.45, 2.75) is 0 Å². The second-order valence-electron chi connectivity index (χ2n) is 3.47. The summed E-state index contributed by atoms with van der Waals surface area (Å²) in [5.74, 6) is -0.236. The summed E-state index contributed by atoms with van der Waals surface area (Å²) in [6.45, 7) is 3.56. The van der Waals surface area contributed by atoms with E-state index in [1.54, 1.807) is 12.1 Å². The van der Waals surface area contributed by atoms with E-state index in [2.05, 4.69) is 6.58 Å². The van der Waals surface area contributed by atoms with Gasteiger partial charge in [-0.1, -0.05) is 49.1 Å². The minimum atomic E-state index is -0.128. The van der Waals surface area contributed by atoms with E-state index in [-0.39, 0.29) is 11.5 Å².